The highest BCUT2D eigenvalue weighted by Crippen LogP contribution is 2.68. The zero-order chi connectivity index (χ0) is 19.7. The van der Waals surface area contributed by atoms with E-state index in [0.29, 0.717) is 13.0 Å². The van der Waals surface area contributed by atoms with Gasteiger partial charge in [-0.1, -0.05) is 34.1 Å². The van der Waals surface area contributed by atoms with Gasteiger partial charge in [-0.3, -0.25) is 9.59 Å². The summed E-state index contributed by atoms with van der Waals surface area (Å²) in [7, 11) is 0. The van der Waals surface area contributed by atoms with E-state index in [0.717, 1.165) is 38.5 Å². The molecule has 0 radical (unpaired) electrons. The lowest BCUT2D eigenvalue weighted by molar-refractivity contribution is -0.272. The van der Waals surface area contributed by atoms with E-state index in [1.807, 2.05) is 0 Å². The zero-order valence-electron chi connectivity index (χ0n) is 17.4. The topological polar surface area (TPSA) is 61.8 Å². The predicted octanol–water partition coefficient (Wildman–Crippen LogP) is 4.03. The average Bonchev–Trinajstić information content (AvgIpc) is 3.09. The summed E-state index contributed by atoms with van der Waals surface area (Å²) in [6.07, 6.45) is 6.35. The van der Waals surface area contributed by atoms with Gasteiger partial charge in [-0.15, -0.1) is 0 Å². The molecule has 6 atom stereocenters. The van der Waals surface area contributed by atoms with Crippen LogP contribution in [0.5, 0.6) is 0 Å². The number of rotatable bonds is 1. The highest BCUT2D eigenvalue weighted by Gasteiger charge is 2.70. The maximum absolute atomic E-state index is 11.9. The molecule has 0 aromatic carbocycles. The van der Waals surface area contributed by atoms with Gasteiger partial charge in [0.05, 0.1) is 12.0 Å². The molecule has 2 aliphatic heterocycles. The molecule has 5 nitrogen and oxygen atoms in total. The van der Waals surface area contributed by atoms with Crippen LogP contribution >= 0.6 is 0 Å². The zero-order valence-corrected chi connectivity index (χ0v) is 17.4. The number of esters is 2. The van der Waals surface area contributed by atoms with Gasteiger partial charge in [-0.05, 0) is 43.4 Å². The fraction of sp³-hybridized carbons (Fsp3) is 0.909. The number of carbonyl (C=O) groups excluding carboxylic acids is 2. The van der Waals surface area contributed by atoms with Crippen LogP contribution < -0.4 is 0 Å². The first-order valence-corrected chi connectivity index (χ1v) is 10.6. The van der Waals surface area contributed by atoms with Crippen molar-refractivity contribution in [1.29, 1.82) is 0 Å². The Bertz CT molecular complexity index is 657. The number of hydrogen-bond donors (Lipinski definition) is 0. The van der Waals surface area contributed by atoms with Crippen molar-refractivity contribution in [2.75, 3.05) is 6.61 Å². The molecule has 2 spiro atoms. The summed E-state index contributed by atoms with van der Waals surface area (Å²) >= 11 is 0. The van der Waals surface area contributed by atoms with Crippen molar-refractivity contribution >= 4 is 11.9 Å². The smallest absolute Gasteiger partial charge is 0.308 e. The molecule has 2 aliphatic carbocycles. The third kappa shape index (κ3) is 2.67. The van der Waals surface area contributed by atoms with Gasteiger partial charge >= 0.3 is 11.9 Å². The van der Waals surface area contributed by atoms with Gasteiger partial charge in [-0.25, -0.2) is 0 Å². The molecule has 152 valence electrons. The standard InChI is InChI=1S/C22H34O5/c1-14-11-16(26-15(2)23)18-19(3,4)7-6-8-20(18,5)22(14)10-9-21(27-22)12-17(24)25-13-21/h14,16,18H,6-13H2,1-5H3/t14-,16-,18+,20+,21-,22-/m1/s1. The van der Waals surface area contributed by atoms with Gasteiger partial charge in [-0.2, -0.15) is 0 Å². The molecule has 27 heavy (non-hydrogen) atoms. The Kier molecular flexibility index (Phi) is 4.24. The first kappa shape index (κ1) is 19.2. The molecule has 0 bridgehead atoms. The van der Waals surface area contributed by atoms with Crippen LogP contribution in [0.25, 0.3) is 0 Å². The molecule has 4 rings (SSSR count). The second-order valence-electron chi connectivity index (χ2n) is 10.5. The minimum Gasteiger partial charge on any atom is -0.463 e. The second-order valence-corrected chi connectivity index (χ2v) is 10.5. The lowest BCUT2D eigenvalue weighted by Crippen LogP contribution is -2.67. The summed E-state index contributed by atoms with van der Waals surface area (Å²) in [5, 5.41) is 0. The molecule has 2 saturated carbocycles. The number of fused-ring (bicyclic) bond motifs is 2. The van der Waals surface area contributed by atoms with Crippen LogP contribution in [0.4, 0.5) is 0 Å². The fourth-order valence-electron chi connectivity index (χ4n) is 7.49. The van der Waals surface area contributed by atoms with Gasteiger partial charge in [0.25, 0.3) is 0 Å². The second kappa shape index (κ2) is 5.95. The van der Waals surface area contributed by atoms with Gasteiger partial charge in [0.1, 0.15) is 18.3 Å². The van der Waals surface area contributed by atoms with E-state index in [4.69, 9.17) is 14.2 Å². The molecule has 4 aliphatic rings. The van der Waals surface area contributed by atoms with Crippen molar-refractivity contribution in [3.05, 3.63) is 0 Å². The molecule has 4 fully saturated rings. The van der Waals surface area contributed by atoms with Crippen molar-refractivity contribution < 1.29 is 23.8 Å². The van der Waals surface area contributed by atoms with Crippen LogP contribution in [-0.2, 0) is 23.8 Å². The Morgan fingerprint density at radius 2 is 1.89 bits per heavy atom. The Labute approximate surface area is 162 Å². The van der Waals surface area contributed by atoms with Crippen LogP contribution in [0.1, 0.15) is 79.6 Å². The first-order chi connectivity index (χ1) is 12.5. The number of carbonyl (C=O) groups is 2. The van der Waals surface area contributed by atoms with Crippen molar-refractivity contribution in [2.24, 2.45) is 22.7 Å². The molecule has 0 N–H and O–H groups in total. The van der Waals surface area contributed by atoms with E-state index in [-0.39, 0.29) is 46.3 Å². The summed E-state index contributed by atoms with van der Waals surface area (Å²) in [4.78, 5) is 23.7. The Hall–Kier alpha value is -1.10. The summed E-state index contributed by atoms with van der Waals surface area (Å²) in [6.45, 7) is 11.2. The van der Waals surface area contributed by atoms with E-state index >= 15 is 0 Å². The van der Waals surface area contributed by atoms with Gasteiger partial charge in [0, 0.05) is 18.3 Å². The lowest BCUT2D eigenvalue weighted by Gasteiger charge is -2.65. The maximum Gasteiger partial charge on any atom is 0.308 e. The quantitative estimate of drug-likeness (QED) is 0.645. The van der Waals surface area contributed by atoms with Gasteiger partial charge in [0.15, 0.2) is 0 Å². The minimum absolute atomic E-state index is 0.0648. The van der Waals surface area contributed by atoms with Crippen molar-refractivity contribution in [3.63, 3.8) is 0 Å². The highest BCUT2D eigenvalue weighted by atomic mass is 16.6. The fourth-order valence-corrected chi connectivity index (χ4v) is 7.49. The minimum atomic E-state index is -0.450. The number of hydrogen-bond acceptors (Lipinski definition) is 5. The molecule has 0 aromatic rings. The van der Waals surface area contributed by atoms with Crippen molar-refractivity contribution in [3.8, 4) is 0 Å². The normalized spacial score (nSPS) is 48.5. The predicted molar refractivity (Wildman–Crippen MR) is 99.9 cm³/mol. The Morgan fingerprint density at radius 3 is 2.52 bits per heavy atom. The highest BCUT2D eigenvalue weighted by molar-refractivity contribution is 5.73. The van der Waals surface area contributed by atoms with Crippen LogP contribution in [-0.4, -0.2) is 35.9 Å². The van der Waals surface area contributed by atoms with Crippen LogP contribution in [0.15, 0.2) is 0 Å². The molecule has 2 saturated heterocycles. The monoisotopic (exact) mass is 378 g/mol. The van der Waals surface area contributed by atoms with E-state index in [2.05, 4.69) is 27.7 Å². The van der Waals surface area contributed by atoms with E-state index in [1.165, 1.54) is 6.92 Å². The molecule has 0 unspecified atom stereocenters. The van der Waals surface area contributed by atoms with Crippen molar-refractivity contribution in [1.82, 2.24) is 0 Å². The summed E-state index contributed by atoms with van der Waals surface area (Å²) < 4.78 is 18.2. The summed E-state index contributed by atoms with van der Waals surface area (Å²) in [6, 6.07) is 0. The molecule has 2 heterocycles. The molecular formula is C22H34O5. The molecular weight excluding hydrogens is 344 g/mol. The van der Waals surface area contributed by atoms with E-state index in [9.17, 15) is 9.59 Å². The maximum atomic E-state index is 11.9. The third-order valence-corrected chi connectivity index (χ3v) is 8.40. The number of ether oxygens (including phenoxy) is 3. The molecule has 0 aromatic heterocycles. The van der Waals surface area contributed by atoms with Crippen LogP contribution in [0.3, 0.4) is 0 Å². The van der Waals surface area contributed by atoms with E-state index < -0.39 is 5.60 Å². The first-order valence-electron chi connectivity index (χ1n) is 10.6. The molecule has 5 heteroatoms. The van der Waals surface area contributed by atoms with Gasteiger partial charge < -0.3 is 14.2 Å². The lowest BCUT2D eigenvalue weighted by atomic mass is 9.43. The van der Waals surface area contributed by atoms with Gasteiger partial charge in [0.2, 0.25) is 0 Å². The van der Waals surface area contributed by atoms with Crippen LogP contribution in [0, 0.1) is 22.7 Å². The molecule has 0 amide bonds. The Balaban J connectivity index is 1.75. The third-order valence-electron chi connectivity index (χ3n) is 8.40. The van der Waals surface area contributed by atoms with E-state index in [1.54, 1.807) is 0 Å². The number of cyclic esters (lactones) is 1. The Morgan fingerprint density at radius 1 is 1.15 bits per heavy atom. The SMILES string of the molecule is CC(=O)O[C@@H]1C[C@@H](C)[C@]2(CC[C@@]3(COC(=O)C3)O2)[C@@]2(C)CCCC(C)(C)[C@H]12. The average molecular weight is 379 g/mol. The summed E-state index contributed by atoms with van der Waals surface area (Å²) in [5.74, 6) is 0.198. The summed E-state index contributed by atoms with van der Waals surface area (Å²) in [5.41, 5.74) is -0.724. The van der Waals surface area contributed by atoms with Crippen molar-refractivity contribution in [2.45, 2.75) is 96.9 Å². The van der Waals surface area contributed by atoms with Crippen LogP contribution in [0.2, 0.25) is 0 Å². The largest absolute Gasteiger partial charge is 0.463 e.